The largest absolute Gasteiger partial charge is 0.387 e. The van der Waals surface area contributed by atoms with Crippen molar-refractivity contribution in [3.8, 4) is 0 Å². The van der Waals surface area contributed by atoms with Gasteiger partial charge in [0, 0.05) is 18.2 Å². The number of fused-ring (bicyclic) bond motifs is 2. The van der Waals surface area contributed by atoms with Gasteiger partial charge in [-0.25, -0.2) is 0 Å². The molecule has 2 aromatic rings. The summed E-state index contributed by atoms with van der Waals surface area (Å²) in [7, 11) is 0. The Labute approximate surface area is 120 Å². The Morgan fingerprint density at radius 2 is 1.70 bits per heavy atom. The maximum atomic E-state index is 3.71. The van der Waals surface area contributed by atoms with E-state index in [-0.39, 0.29) is 0 Å². The summed E-state index contributed by atoms with van der Waals surface area (Å²) in [4.78, 5) is 0. The normalized spacial score (nSPS) is 24.1. The Morgan fingerprint density at radius 3 is 2.55 bits per heavy atom. The second-order valence-corrected chi connectivity index (χ2v) is 6.01. The van der Waals surface area contributed by atoms with Gasteiger partial charge in [-0.3, -0.25) is 0 Å². The first-order chi connectivity index (χ1) is 9.84. The Morgan fingerprint density at radius 1 is 0.950 bits per heavy atom. The Balaban J connectivity index is 1.90. The zero-order valence-electron chi connectivity index (χ0n) is 11.8. The molecule has 0 bridgehead atoms. The van der Waals surface area contributed by atoms with E-state index in [0.717, 1.165) is 12.5 Å². The molecule has 4 rings (SSSR count). The van der Waals surface area contributed by atoms with Crippen LogP contribution in [-0.4, -0.2) is 6.54 Å². The van der Waals surface area contributed by atoms with Crippen molar-refractivity contribution in [3.63, 3.8) is 0 Å². The van der Waals surface area contributed by atoms with Crippen LogP contribution in [0, 0.1) is 5.92 Å². The summed E-state index contributed by atoms with van der Waals surface area (Å²) in [5.41, 5.74) is 7.29. The molecule has 0 saturated heterocycles. The van der Waals surface area contributed by atoms with Gasteiger partial charge in [0.15, 0.2) is 0 Å². The van der Waals surface area contributed by atoms with Crippen LogP contribution in [0.15, 0.2) is 60.3 Å². The molecule has 1 aliphatic carbocycles. The molecule has 1 heterocycles. The van der Waals surface area contributed by atoms with Gasteiger partial charge in [0.1, 0.15) is 0 Å². The van der Waals surface area contributed by atoms with E-state index in [2.05, 4.69) is 66.8 Å². The summed E-state index contributed by atoms with van der Waals surface area (Å²) in [6.07, 6.45) is 1.20. The predicted molar refractivity (Wildman–Crippen MR) is 83.4 cm³/mol. The Hall–Kier alpha value is -2.02. The van der Waals surface area contributed by atoms with E-state index in [9.17, 15) is 0 Å². The highest BCUT2D eigenvalue weighted by molar-refractivity contribution is 5.80. The quantitative estimate of drug-likeness (QED) is 0.812. The molecule has 1 N–H and O–H groups in total. The van der Waals surface area contributed by atoms with Crippen LogP contribution in [0.5, 0.6) is 0 Å². The molecule has 0 fully saturated rings. The number of hydrogen-bond acceptors (Lipinski definition) is 1. The minimum Gasteiger partial charge on any atom is -0.387 e. The third kappa shape index (κ3) is 1.70. The van der Waals surface area contributed by atoms with Crippen molar-refractivity contribution in [2.45, 2.75) is 19.3 Å². The average Bonchev–Trinajstić information content (AvgIpc) is 2.82. The van der Waals surface area contributed by atoms with Crippen molar-refractivity contribution < 1.29 is 0 Å². The van der Waals surface area contributed by atoms with Crippen LogP contribution in [0.25, 0.3) is 5.57 Å². The molecule has 1 aliphatic heterocycles. The van der Waals surface area contributed by atoms with Gasteiger partial charge in [-0.15, -0.1) is 0 Å². The molecular weight excluding hydrogens is 242 g/mol. The van der Waals surface area contributed by atoms with Crippen LogP contribution in [0.2, 0.25) is 0 Å². The average molecular weight is 261 g/mol. The first-order valence-corrected chi connectivity index (χ1v) is 7.46. The third-order valence-corrected chi connectivity index (χ3v) is 4.54. The molecule has 0 radical (unpaired) electrons. The molecule has 1 nitrogen and oxygen atoms in total. The number of nitrogens with one attached hydrogen (secondary N) is 1. The van der Waals surface area contributed by atoms with Crippen molar-refractivity contribution in [3.05, 3.63) is 77.0 Å². The second kappa shape index (κ2) is 4.52. The van der Waals surface area contributed by atoms with Crippen LogP contribution in [0.4, 0.5) is 0 Å². The molecule has 100 valence electrons. The zero-order chi connectivity index (χ0) is 13.5. The first kappa shape index (κ1) is 11.8. The number of rotatable bonds is 1. The maximum Gasteiger partial charge on any atom is 0.0496 e. The topological polar surface area (TPSA) is 12.0 Å². The molecule has 0 unspecified atom stereocenters. The molecule has 20 heavy (non-hydrogen) atoms. The molecule has 2 aromatic carbocycles. The molecule has 0 amide bonds. The number of allylic oxidation sites excluding steroid dienone is 2. The predicted octanol–water partition coefficient (Wildman–Crippen LogP) is 4.17. The Kier molecular flexibility index (Phi) is 2.66. The highest BCUT2D eigenvalue weighted by Crippen LogP contribution is 2.47. The van der Waals surface area contributed by atoms with Crippen molar-refractivity contribution in [2.75, 3.05) is 6.54 Å². The van der Waals surface area contributed by atoms with Crippen molar-refractivity contribution in [1.82, 2.24) is 5.32 Å². The number of hydrogen-bond donors (Lipinski definition) is 1. The molecule has 2 aliphatic rings. The van der Waals surface area contributed by atoms with Crippen LogP contribution in [0.1, 0.15) is 36.0 Å². The van der Waals surface area contributed by atoms with E-state index in [4.69, 9.17) is 0 Å². The summed E-state index contributed by atoms with van der Waals surface area (Å²) in [5.74, 6) is 1.12. The fraction of sp³-hybridized carbons (Fsp3) is 0.263. The van der Waals surface area contributed by atoms with Crippen molar-refractivity contribution in [2.24, 2.45) is 5.92 Å². The maximum absolute atomic E-state index is 3.71. The molecular formula is C19H19N. The lowest BCUT2D eigenvalue weighted by Gasteiger charge is -2.26. The van der Waals surface area contributed by atoms with Crippen LogP contribution in [-0.2, 0) is 0 Å². The van der Waals surface area contributed by atoms with Gasteiger partial charge >= 0.3 is 0 Å². The van der Waals surface area contributed by atoms with Gasteiger partial charge in [0.05, 0.1) is 0 Å². The summed E-state index contributed by atoms with van der Waals surface area (Å²) in [5, 5.41) is 3.71. The standard InChI is InChI=1S/C19H19N/c1-13-11-17-15-9-5-6-10-16(15)18(19(17)20-12-13)14-7-3-2-4-8-14/h2-10,13,18,20H,11-12H2,1H3/t13-,18-/m0/s1. The lowest BCUT2D eigenvalue weighted by atomic mass is 9.90. The Bertz CT molecular complexity index is 669. The second-order valence-electron chi connectivity index (χ2n) is 6.01. The van der Waals surface area contributed by atoms with Crippen molar-refractivity contribution >= 4 is 5.57 Å². The van der Waals surface area contributed by atoms with E-state index in [1.54, 1.807) is 0 Å². The van der Waals surface area contributed by atoms with Gasteiger partial charge in [-0.1, -0.05) is 61.5 Å². The monoisotopic (exact) mass is 261 g/mol. The molecule has 1 heteroatoms. The van der Waals surface area contributed by atoms with E-state index < -0.39 is 0 Å². The van der Waals surface area contributed by atoms with Gasteiger partial charge in [-0.2, -0.15) is 0 Å². The molecule has 2 atom stereocenters. The van der Waals surface area contributed by atoms with E-state index in [1.807, 2.05) is 0 Å². The van der Waals surface area contributed by atoms with E-state index >= 15 is 0 Å². The summed E-state index contributed by atoms with van der Waals surface area (Å²) in [6.45, 7) is 3.42. The third-order valence-electron chi connectivity index (χ3n) is 4.54. The highest BCUT2D eigenvalue weighted by atomic mass is 14.9. The van der Waals surface area contributed by atoms with Gasteiger partial charge in [0.25, 0.3) is 0 Å². The minimum atomic E-state index is 0.398. The lowest BCUT2D eigenvalue weighted by molar-refractivity contribution is 0.526. The highest BCUT2D eigenvalue weighted by Gasteiger charge is 2.34. The van der Waals surface area contributed by atoms with E-state index in [0.29, 0.717) is 5.92 Å². The zero-order valence-corrected chi connectivity index (χ0v) is 11.8. The SMILES string of the molecule is C[C@@H]1CNC2=C(C1)c1ccccc1[C@@H]2c1ccccc1. The van der Waals surface area contributed by atoms with Crippen LogP contribution >= 0.6 is 0 Å². The summed E-state index contributed by atoms with van der Waals surface area (Å²) in [6, 6.07) is 19.8. The fourth-order valence-electron chi connectivity index (χ4n) is 3.62. The van der Waals surface area contributed by atoms with Crippen LogP contribution < -0.4 is 5.32 Å². The first-order valence-electron chi connectivity index (χ1n) is 7.46. The molecule has 0 aromatic heterocycles. The van der Waals surface area contributed by atoms with Crippen molar-refractivity contribution in [1.29, 1.82) is 0 Å². The minimum absolute atomic E-state index is 0.398. The summed E-state index contributed by atoms with van der Waals surface area (Å²) >= 11 is 0. The fourth-order valence-corrected chi connectivity index (χ4v) is 3.62. The van der Waals surface area contributed by atoms with Gasteiger partial charge in [-0.05, 0) is 34.6 Å². The van der Waals surface area contributed by atoms with E-state index in [1.165, 1.54) is 34.4 Å². The van der Waals surface area contributed by atoms with Gasteiger partial charge in [0.2, 0.25) is 0 Å². The van der Waals surface area contributed by atoms with Crippen LogP contribution in [0.3, 0.4) is 0 Å². The molecule has 0 saturated carbocycles. The van der Waals surface area contributed by atoms with Gasteiger partial charge < -0.3 is 5.32 Å². The molecule has 0 spiro atoms. The lowest BCUT2D eigenvalue weighted by Crippen LogP contribution is -2.28. The number of benzene rings is 2. The smallest absolute Gasteiger partial charge is 0.0496 e. The summed E-state index contributed by atoms with van der Waals surface area (Å²) < 4.78 is 0.